The molecule has 1 heterocycles. The Labute approximate surface area is 139 Å². The largest absolute Gasteiger partial charge is 0.429 e. The summed E-state index contributed by atoms with van der Waals surface area (Å²) in [5.41, 5.74) is 1.39. The highest BCUT2D eigenvalue weighted by atomic mass is 32.1. The number of amides is 2. The molecule has 1 aromatic heterocycles. The molecule has 0 saturated heterocycles. The second kappa shape index (κ2) is 6.54. The lowest BCUT2D eigenvalue weighted by Crippen LogP contribution is -2.47. The molecule has 0 spiro atoms. The van der Waals surface area contributed by atoms with Gasteiger partial charge < -0.3 is 19.6 Å². The van der Waals surface area contributed by atoms with Crippen molar-refractivity contribution in [3.8, 4) is 0 Å². The Balaban J connectivity index is 2.17. The average Bonchev–Trinajstić information content (AvgIpc) is 2.81. The lowest BCUT2D eigenvalue weighted by atomic mass is 10.1. The van der Waals surface area contributed by atoms with Crippen LogP contribution in [-0.2, 0) is 4.79 Å². The molecule has 124 valence electrons. The van der Waals surface area contributed by atoms with E-state index >= 15 is 0 Å². The van der Waals surface area contributed by atoms with E-state index in [9.17, 15) is 9.59 Å². The van der Waals surface area contributed by atoms with Crippen molar-refractivity contribution in [3.63, 3.8) is 0 Å². The first kappa shape index (κ1) is 17.2. The Morgan fingerprint density at radius 2 is 2.04 bits per heavy atom. The van der Waals surface area contributed by atoms with Gasteiger partial charge in [0.05, 0.1) is 12.1 Å². The minimum absolute atomic E-state index is 0.0151. The fourth-order valence-corrected chi connectivity index (χ4v) is 2.42. The number of oxazole rings is 1. The second-order valence-electron chi connectivity index (χ2n) is 6.34. The smallest absolute Gasteiger partial charge is 0.266 e. The molecule has 0 aliphatic carbocycles. The highest BCUT2D eigenvalue weighted by Gasteiger charge is 2.20. The molecule has 23 heavy (non-hydrogen) atoms. The molecular weight excluding hydrogens is 314 g/mol. The van der Waals surface area contributed by atoms with Crippen molar-refractivity contribution >= 4 is 35.1 Å². The summed E-state index contributed by atoms with van der Waals surface area (Å²) in [4.78, 5) is 29.3. The zero-order chi connectivity index (χ0) is 17.2. The van der Waals surface area contributed by atoms with Crippen LogP contribution in [-0.4, -0.2) is 40.3 Å². The Kier molecular flexibility index (Phi) is 4.89. The average molecular weight is 335 g/mol. The van der Waals surface area contributed by atoms with Gasteiger partial charge in [0.1, 0.15) is 0 Å². The summed E-state index contributed by atoms with van der Waals surface area (Å²) in [6, 6.07) is 5.06. The van der Waals surface area contributed by atoms with Crippen molar-refractivity contribution in [2.45, 2.75) is 33.2 Å². The molecule has 1 aromatic carbocycles. The maximum atomic E-state index is 12.6. The van der Waals surface area contributed by atoms with Crippen LogP contribution in [0.5, 0.6) is 0 Å². The van der Waals surface area contributed by atoms with Crippen molar-refractivity contribution < 1.29 is 14.0 Å². The van der Waals surface area contributed by atoms with E-state index in [-0.39, 0.29) is 28.7 Å². The van der Waals surface area contributed by atoms with Crippen LogP contribution in [0.15, 0.2) is 22.6 Å². The highest BCUT2D eigenvalue weighted by molar-refractivity contribution is 7.71. The molecule has 0 aliphatic heterocycles. The van der Waals surface area contributed by atoms with E-state index in [1.165, 1.54) is 4.90 Å². The van der Waals surface area contributed by atoms with Gasteiger partial charge in [0, 0.05) is 17.6 Å². The molecule has 0 saturated carbocycles. The zero-order valence-corrected chi connectivity index (χ0v) is 14.5. The van der Waals surface area contributed by atoms with Crippen LogP contribution in [0.1, 0.15) is 38.1 Å². The van der Waals surface area contributed by atoms with Gasteiger partial charge in [0.2, 0.25) is 5.91 Å². The lowest BCUT2D eigenvalue weighted by molar-refractivity contribution is -0.123. The molecule has 2 amide bonds. The first-order valence-electron chi connectivity index (χ1n) is 7.43. The minimum Gasteiger partial charge on any atom is -0.429 e. The first-order chi connectivity index (χ1) is 10.7. The molecular formula is C16H21N3O3S. The van der Waals surface area contributed by atoms with Crippen molar-refractivity contribution in [1.82, 2.24) is 15.2 Å². The number of benzene rings is 1. The van der Waals surface area contributed by atoms with Crippen LogP contribution >= 0.6 is 12.2 Å². The van der Waals surface area contributed by atoms with Crippen LogP contribution < -0.4 is 5.32 Å². The molecule has 0 radical (unpaired) electrons. The summed E-state index contributed by atoms with van der Waals surface area (Å²) in [6.45, 7) is 7.99. The van der Waals surface area contributed by atoms with E-state index in [2.05, 4.69) is 10.3 Å². The topological polar surface area (TPSA) is 78.3 Å². The number of nitrogens with one attached hydrogen (secondary N) is 2. The van der Waals surface area contributed by atoms with E-state index in [4.69, 9.17) is 16.6 Å². The van der Waals surface area contributed by atoms with Crippen molar-refractivity contribution in [2.24, 2.45) is 0 Å². The van der Waals surface area contributed by atoms with E-state index in [1.54, 1.807) is 18.2 Å². The van der Waals surface area contributed by atoms with Gasteiger partial charge >= 0.3 is 0 Å². The highest BCUT2D eigenvalue weighted by Crippen LogP contribution is 2.16. The summed E-state index contributed by atoms with van der Waals surface area (Å²) in [5, 5.41) is 2.85. The predicted octanol–water partition coefficient (Wildman–Crippen LogP) is 2.87. The standard InChI is InChI=1S/C16H21N3O3S/c1-5-19(9-13(20)18-16(2,3)4)14(21)10-6-7-11-12(8-10)22-15(23)17-11/h6-8H,5,9H2,1-4H3,(H,17,23)(H,18,20). The zero-order valence-electron chi connectivity index (χ0n) is 13.7. The predicted molar refractivity (Wildman–Crippen MR) is 90.9 cm³/mol. The summed E-state index contributed by atoms with van der Waals surface area (Å²) in [6.07, 6.45) is 0. The lowest BCUT2D eigenvalue weighted by Gasteiger charge is -2.25. The first-order valence-corrected chi connectivity index (χ1v) is 7.83. The fraction of sp³-hybridized carbons (Fsp3) is 0.438. The number of carbonyl (C=O) groups is 2. The monoisotopic (exact) mass is 335 g/mol. The maximum Gasteiger partial charge on any atom is 0.266 e. The van der Waals surface area contributed by atoms with Crippen LogP contribution in [0, 0.1) is 4.84 Å². The Morgan fingerprint density at radius 3 is 2.65 bits per heavy atom. The molecule has 0 aliphatic rings. The third kappa shape index (κ3) is 4.41. The Hall–Kier alpha value is -2.15. The number of hydrogen-bond donors (Lipinski definition) is 2. The van der Waals surface area contributed by atoms with Crippen molar-refractivity contribution in [1.29, 1.82) is 0 Å². The van der Waals surface area contributed by atoms with Crippen LogP contribution in [0.25, 0.3) is 11.1 Å². The molecule has 2 rings (SSSR count). The molecule has 2 aromatic rings. The van der Waals surface area contributed by atoms with Crippen LogP contribution in [0.2, 0.25) is 0 Å². The van der Waals surface area contributed by atoms with E-state index in [0.29, 0.717) is 17.7 Å². The van der Waals surface area contributed by atoms with Crippen LogP contribution in [0.3, 0.4) is 0 Å². The van der Waals surface area contributed by atoms with Gasteiger partial charge in [-0.05, 0) is 58.1 Å². The number of likely N-dealkylation sites (N-methyl/N-ethyl adjacent to an activating group) is 1. The number of aromatic amines is 1. The third-order valence-electron chi connectivity index (χ3n) is 3.19. The number of nitrogens with zero attached hydrogens (tertiary/aromatic N) is 1. The van der Waals surface area contributed by atoms with Gasteiger partial charge in [-0.2, -0.15) is 0 Å². The van der Waals surface area contributed by atoms with Gasteiger partial charge in [-0.3, -0.25) is 9.59 Å². The molecule has 0 bridgehead atoms. The summed E-state index contributed by atoms with van der Waals surface area (Å²) < 4.78 is 5.33. The third-order valence-corrected chi connectivity index (χ3v) is 3.37. The van der Waals surface area contributed by atoms with Crippen molar-refractivity contribution in [2.75, 3.05) is 13.1 Å². The minimum atomic E-state index is -0.331. The molecule has 6 nitrogen and oxygen atoms in total. The number of fused-ring (bicyclic) bond motifs is 1. The maximum absolute atomic E-state index is 12.6. The Morgan fingerprint density at radius 1 is 1.35 bits per heavy atom. The fourth-order valence-electron chi connectivity index (χ4n) is 2.22. The molecule has 0 atom stereocenters. The Bertz CT molecular complexity index is 786. The van der Waals surface area contributed by atoms with Crippen molar-refractivity contribution in [3.05, 3.63) is 28.6 Å². The number of hydrogen-bond acceptors (Lipinski definition) is 4. The SMILES string of the molecule is CCN(CC(=O)NC(C)(C)C)C(=O)c1ccc2[nH]c(=S)oc2c1. The van der Waals surface area contributed by atoms with Gasteiger partial charge in [0.25, 0.3) is 10.7 Å². The number of rotatable bonds is 4. The van der Waals surface area contributed by atoms with E-state index < -0.39 is 0 Å². The van der Waals surface area contributed by atoms with Gasteiger partial charge in [-0.15, -0.1) is 0 Å². The second-order valence-corrected chi connectivity index (χ2v) is 6.71. The molecule has 7 heteroatoms. The number of aromatic nitrogens is 1. The molecule has 0 fully saturated rings. The normalized spacial score (nSPS) is 11.5. The summed E-state index contributed by atoms with van der Waals surface area (Å²) in [7, 11) is 0. The quantitative estimate of drug-likeness (QED) is 0.842. The van der Waals surface area contributed by atoms with Gasteiger partial charge in [-0.1, -0.05) is 0 Å². The van der Waals surface area contributed by atoms with E-state index in [1.807, 2.05) is 27.7 Å². The summed E-state index contributed by atoms with van der Waals surface area (Å²) >= 11 is 4.93. The number of carbonyl (C=O) groups excluding carboxylic acids is 2. The van der Waals surface area contributed by atoms with Crippen LogP contribution in [0.4, 0.5) is 0 Å². The van der Waals surface area contributed by atoms with Gasteiger partial charge in [-0.25, -0.2) is 0 Å². The summed E-state index contributed by atoms with van der Waals surface area (Å²) in [5.74, 6) is -0.409. The van der Waals surface area contributed by atoms with Gasteiger partial charge in [0.15, 0.2) is 5.58 Å². The number of H-pyrrole nitrogens is 1. The molecule has 0 unspecified atom stereocenters. The molecule has 2 N–H and O–H groups in total. The van der Waals surface area contributed by atoms with E-state index in [0.717, 1.165) is 5.52 Å².